The van der Waals surface area contributed by atoms with E-state index in [2.05, 4.69) is 54.2 Å². The average molecular weight is 756 g/mol. The Labute approximate surface area is 329 Å². The third-order valence-electron chi connectivity index (χ3n) is 11.5. The van der Waals surface area contributed by atoms with Crippen LogP contribution in [-0.2, 0) is 25.7 Å². The van der Waals surface area contributed by atoms with Crippen LogP contribution >= 0.6 is 0 Å². The predicted molar refractivity (Wildman–Crippen MR) is 217 cm³/mol. The molecule has 290 valence electrons. The molecule has 0 spiro atoms. The first kappa shape index (κ1) is 37.2. The molecule has 0 radical (unpaired) electrons. The van der Waals surface area contributed by atoms with Gasteiger partial charge in [0.2, 0.25) is 5.75 Å². The van der Waals surface area contributed by atoms with E-state index in [-0.39, 0.29) is 17.8 Å². The van der Waals surface area contributed by atoms with Crippen LogP contribution in [0.5, 0.6) is 46.0 Å². The van der Waals surface area contributed by atoms with Crippen LogP contribution in [0.3, 0.4) is 0 Å². The van der Waals surface area contributed by atoms with E-state index < -0.39 is 5.97 Å². The summed E-state index contributed by atoms with van der Waals surface area (Å²) in [7, 11) is 13.1. The Bertz CT molecular complexity index is 2250. The third kappa shape index (κ3) is 7.10. The van der Waals surface area contributed by atoms with E-state index in [0.717, 1.165) is 60.5 Å². The van der Waals surface area contributed by atoms with Crippen molar-refractivity contribution in [2.75, 3.05) is 67.5 Å². The number of hydrogen-bond acceptors (Lipinski definition) is 10. The first-order valence-electron chi connectivity index (χ1n) is 19.1. The number of ether oxygens (including phenoxy) is 6. The Morgan fingerprint density at radius 3 is 2.00 bits per heavy atom. The van der Waals surface area contributed by atoms with Crippen LogP contribution in [0.15, 0.2) is 84.9 Å². The molecule has 2 unspecified atom stereocenters. The predicted octanol–water partition coefficient (Wildman–Crippen LogP) is 8.44. The molecule has 10 nitrogen and oxygen atoms in total. The highest BCUT2D eigenvalue weighted by Crippen LogP contribution is 2.52. The SMILES string of the molecule is COc1ccc2cc1Oc1ccc(cc1)CC1c3cc(c(OC)cc3CCN1C)Oc1c(OC(=O)c3ccc(N(C)C)cc3)c(OC)cc3c1C(C2)N(C)CC3. The van der Waals surface area contributed by atoms with E-state index in [1.165, 1.54) is 16.7 Å². The summed E-state index contributed by atoms with van der Waals surface area (Å²) in [6, 6.07) is 27.9. The summed E-state index contributed by atoms with van der Waals surface area (Å²) in [5.74, 6) is 3.71. The average Bonchev–Trinajstić information content (AvgIpc) is 3.21. The Kier molecular flexibility index (Phi) is 10.3. The lowest BCUT2D eigenvalue weighted by Crippen LogP contribution is -2.34. The Morgan fingerprint density at radius 1 is 0.679 bits per heavy atom. The van der Waals surface area contributed by atoms with Gasteiger partial charge in [-0.1, -0.05) is 18.2 Å². The topological polar surface area (TPSA) is 82.2 Å². The molecule has 0 saturated carbocycles. The molecule has 2 atom stereocenters. The van der Waals surface area contributed by atoms with Gasteiger partial charge in [-0.15, -0.1) is 0 Å². The smallest absolute Gasteiger partial charge is 0.343 e. The molecule has 0 N–H and O–H groups in total. The lowest BCUT2D eigenvalue weighted by Gasteiger charge is -2.37. The van der Waals surface area contributed by atoms with E-state index in [0.29, 0.717) is 46.5 Å². The maximum absolute atomic E-state index is 14.0. The summed E-state index contributed by atoms with van der Waals surface area (Å²) < 4.78 is 37.9. The first-order valence-corrected chi connectivity index (χ1v) is 19.1. The van der Waals surface area contributed by atoms with Gasteiger partial charge >= 0.3 is 5.97 Å². The van der Waals surface area contributed by atoms with Crippen molar-refractivity contribution in [1.29, 1.82) is 0 Å². The fourth-order valence-electron chi connectivity index (χ4n) is 8.23. The highest BCUT2D eigenvalue weighted by atomic mass is 16.6. The number of rotatable bonds is 6. The molecule has 0 fully saturated rings. The lowest BCUT2D eigenvalue weighted by atomic mass is 9.87. The number of carbonyl (C=O) groups excluding carboxylic acids is 1. The number of benzene rings is 5. The zero-order valence-corrected chi connectivity index (χ0v) is 33.2. The van der Waals surface area contributed by atoms with E-state index in [9.17, 15) is 4.79 Å². The maximum atomic E-state index is 14.0. The normalized spacial score (nSPS) is 17.7. The molecule has 0 aliphatic carbocycles. The summed E-state index contributed by atoms with van der Waals surface area (Å²) >= 11 is 0. The van der Waals surface area contributed by atoms with Crippen molar-refractivity contribution in [3.8, 4) is 46.0 Å². The molecule has 10 heteroatoms. The van der Waals surface area contributed by atoms with Crippen molar-refractivity contribution in [1.82, 2.24) is 9.80 Å². The Morgan fingerprint density at radius 2 is 1.30 bits per heavy atom. The molecule has 56 heavy (non-hydrogen) atoms. The minimum Gasteiger partial charge on any atom is -0.493 e. The molecule has 0 saturated heterocycles. The minimum absolute atomic E-state index is 0.0787. The molecule has 5 aromatic rings. The zero-order valence-electron chi connectivity index (χ0n) is 33.2. The number of nitrogens with zero attached hydrogens (tertiary/aromatic N) is 3. The van der Waals surface area contributed by atoms with Gasteiger partial charge in [-0.2, -0.15) is 0 Å². The van der Waals surface area contributed by atoms with Gasteiger partial charge in [0.25, 0.3) is 0 Å². The fourth-order valence-corrected chi connectivity index (χ4v) is 8.23. The second kappa shape index (κ2) is 15.4. The van der Waals surface area contributed by atoms with E-state index in [1.54, 1.807) is 33.5 Å². The number of hydrogen-bond donors (Lipinski definition) is 0. The fraction of sp³-hybridized carbons (Fsp3) is 0.326. The lowest BCUT2D eigenvalue weighted by molar-refractivity contribution is 0.0724. The summed E-state index contributed by atoms with van der Waals surface area (Å²) in [5.41, 5.74) is 7.98. The summed E-state index contributed by atoms with van der Waals surface area (Å²) in [6.45, 7) is 1.71. The number of anilines is 1. The highest BCUT2D eigenvalue weighted by molar-refractivity contribution is 5.92. The molecule has 6 bridgehead atoms. The molecule has 9 rings (SSSR count). The van der Waals surface area contributed by atoms with Gasteiger partial charge in [-0.25, -0.2) is 4.79 Å². The van der Waals surface area contributed by atoms with Crippen molar-refractivity contribution in [2.24, 2.45) is 0 Å². The second-order valence-corrected chi connectivity index (χ2v) is 15.1. The third-order valence-corrected chi connectivity index (χ3v) is 11.5. The molecule has 4 heterocycles. The van der Waals surface area contributed by atoms with Gasteiger partial charge in [0, 0.05) is 50.5 Å². The Balaban J connectivity index is 1.34. The van der Waals surface area contributed by atoms with Crippen molar-refractivity contribution in [3.05, 3.63) is 124 Å². The van der Waals surface area contributed by atoms with Crippen LogP contribution in [0.2, 0.25) is 0 Å². The molecule has 4 aliphatic rings. The van der Waals surface area contributed by atoms with Gasteiger partial charge in [0.15, 0.2) is 34.5 Å². The van der Waals surface area contributed by atoms with Crippen molar-refractivity contribution in [2.45, 2.75) is 37.8 Å². The molecule has 4 aliphatic heterocycles. The standard InChI is InChI=1S/C46H49N3O7/c1-47(2)33-13-11-30(12-14-33)46(50)56-44-42(53-7)26-32-19-21-49(4)37-23-29-10-17-38(51-5)40(24-29)54-34-15-8-28(9-16-34)22-36-35-27-41(55-45(44)43(32)37)39(52-6)25-31(35)18-20-48(36)3/h8-17,24-27,36-37H,18-23H2,1-7H3. The molecule has 5 aromatic carbocycles. The quantitative estimate of drug-likeness (QED) is 0.124. The monoisotopic (exact) mass is 755 g/mol. The first-order chi connectivity index (χ1) is 27.1. The summed E-state index contributed by atoms with van der Waals surface area (Å²) in [5, 5.41) is 0. The number of methoxy groups -OCH3 is 3. The van der Waals surface area contributed by atoms with E-state index >= 15 is 0 Å². The minimum atomic E-state index is -0.518. The van der Waals surface area contributed by atoms with Crippen molar-refractivity contribution < 1.29 is 33.2 Å². The van der Waals surface area contributed by atoms with Gasteiger partial charge < -0.3 is 33.3 Å². The number of fused-ring (bicyclic) bond motifs is 2. The van der Waals surface area contributed by atoms with Crippen LogP contribution in [-0.4, -0.2) is 78.4 Å². The van der Waals surface area contributed by atoms with Gasteiger partial charge in [0.1, 0.15) is 5.75 Å². The van der Waals surface area contributed by atoms with Gasteiger partial charge in [0.05, 0.1) is 26.9 Å². The van der Waals surface area contributed by atoms with Gasteiger partial charge in [-0.05, 0) is 134 Å². The number of esters is 1. The van der Waals surface area contributed by atoms with Crippen LogP contribution in [0.1, 0.15) is 55.8 Å². The maximum Gasteiger partial charge on any atom is 0.343 e. The van der Waals surface area contributed by atoms with E-state index in [4.69, 9.17) is 28.4 Å². The van der Waals surface area contributed by atoms with E-state index in [1.807, 2.05) is 61.5 Å². The summed E-state index contributed by atoms with van der Waals surface area (Å²) in [4.78, 5) is 20.7. The second-order valence-electron chi connectivity index (χ2n) is 15.1. The van der Waals surface area contributed by atoms with Crippen LogP contribution < -0.4 is 33.3 Å². The molecular weight excluding hydrogens is 707 g/mol. The summed E-state index contributed by atoms with van der Waals surface area (Å²) in [6.07, 6.45) is 3.02. The molecular formula is C46H49N3O7. The Hall–Kier alpha value is -5.71. The largest absolute Gasteiger partial charge is 0.493 e. The van der Waals surface area contributed by atoms with Crippen molar-refractivity contribution in [3.63, 3.8) is 0 Å². The van der Waals surface area contributed by atoms with Crippen molar-refractivity contribution >= 4 is 11.7 Å². The highest BCUT2D eigenvalue weighted by Gasteiger charge is 2.36. The molecule has 0 amide bonds. The van der Waals surface area contributed by atoms with Crippen LogP contribution in [0, 0.1) is 0 Å². The zero-order chi connectivity index (χ0) is 39.1. The van der Waals surface area contributed by atoms with Gasteiger partial charge in [-0.3, -0.25) is 9.80 Å². The van der Waals surface area contributed by atoms with Crippen LogP contribution in [0.4, 0.5) is 5.69 Å². The number of carbonyl (C=O) groups is 1. The van der Waals surface area contributed by atoms with Crippen LogP contribution in [0.25, 0.3) is 0 Å². The molecule has 0 aromatic heterocycles. The number of likely N-dealkylation sites (N-methyl/N-ethyl adjacent to an activating group) is 2.